The Hall–Kier alpha value is -7.42. The Labute approximate surface area is 330 Å². The molecule has 1 atom stereocenters. The molecule has 0 fully saturated rings. The molecule has 0 radical (unpaired) electrons. The Kier molecular flexibility index (Phi) is 6.13. The van der Waals surface area contributed by atoms with E-state index in [9.17, 15) is 0 Å². The maximum atomic E-state index is 2.56. The van der Waals surface area contributed by atoms with Gasteiger partial charge in [0, 0.05) is 27.2 Å². The number of nitrogens with zero attached hydrogens (tertiary/aromatic N) is 2. The number of anilines is 3. The van der Waals surface area contributed by atoms with Crippen LogP contribution >= 0.6 is 0 Å². The molecule has 1 aromatic heterocycles. The summed E-state index contributed by atoms with van der Waals surface area (Å²) in [4.78, 5) is 2.51. The van der Waals surface area contributed by atoms with E-state index in [4.69, 9.17) is 0 Å². The third-order valence-electron chi connectivity index (χ3n) is 12.9. The van der Waals surface area contributed by atoms with Gasteiger partial charge in [-0.2, -0.15) is 0 Å². The Balaban J connectivity index is 1.26. The summed E-state index contributed by atoms with van der Waals surface area (Å²) in [5.41, 5.74) is 14.5. The van der Waals surface area contributed by atoms with Gasteiger partial charge in [-0.25, -0.2) is 0 Å². The number of fused-ring (bicyclic) bond motifs is 17. The minimum atomic E-state index is -0.602. The van der Waals surface area contributed by atoms with Gasteiger partial charge in [0.15, 0.2) is 0 Å². The Morgan fingerprint density at radius 2 is 0.947 bits per heavy atom. The van der Waals surface area contributed by atoms with Crippen molar-refractivity contribution in [2.75, 3.05) is 4.90 Å². The van der Waals surface area contributed by atoms with Crippen molar-refractivity contribution in [3.63, 3.8) is 0 Å². The van der Waals surface area contributed by atoms with E-state index >= 15 is 0 Å². The number of rotatable bonds is 3. The second kappa shape index (κ2) is 11.3. The van der Waals surface area contributed by atoms with E-state index in [0.29, 0.717) is 0 Å². The molecule has 0 amide bonds. The maximum absolute atomic E-state index is 2.56. The van der Waals surface area contributed by atoms with Gasteiger partial charge >= 0.3 is 0 Å². The minimum Gasteiger partial charge on any atom is -0.309 e. The summed E-state index contributed by atoms with van der Waals surface area (Å²) >= 11 is 0. The van der Waals surface area contributed by atoms with Crippen LogP contribution in [0, 0.1) is 0 Å². The third-order valence-corrected chi connectivity index (χ3v) is 12.9. The molecule has 13 rings (SSSR count). The highest BCUT2D eigenvalue weighted by Gasteiger charge is 2.52. The average molecular weight is 723 g/mol. The van der Waals surface area contributed by atoms with Crippen LogP contribution in [0.4, 0.5) is 17.1 Å². The van der Waals surface area contributed by atoms with Crippen LogP contribution in [0.1, 0.15) is 22.3 Å². The fourth-order valence-corrected chi connectivity index (χ4v) is 10.8. The molecule has 0 saturated carbocycles. The van der Waals surface area contributed by atoms with E-state index in [-0.39, 0.29) is 0 Å². The summed E-state index contributed by atoms with van der Waals surface area (Å²) in [6.07, 6.45) is 0. The topological polar surface area (TPSA) is 8.17 Å². The van der Waals surface area contributed by atoms with Gasteiger partial charge in [-0.05, 0) is 91.3 Å². The van der Waals surface area contributed by atoms with Gasteiger partial charge in [-0.1, -0.05) is 170 Å². The molecule has 0 N–H and O–H groups in total. The largest absolute Gasteiger partial charge is 0.309 e. The van der Waals surface area contributed by atoms with Crippen LogP contribution in [0.15, 0.2) is 206 Å². The molecule has 10 aromatic carbocycles. The molecule has 2 nitrogen and oxygen atoms in total. The SMILES string of the molecule is c1ccc(N(c2cccc3ccccc23)c2cc3c(c4ccccc24)-c2c(ccc4ccccc24)C32c3ccccc3-n3c4ccccc4c4cccc2c43)cc1. The van der Waals surface area contributed by atoms with Gasteiger partial charge in [0.2, 0.25) is 0 Å². The molecule has 11 aromatic rings. The number of hydrogen-bond donors (Lipinski definition) is 0. The molecule has 1 unspecified atom stereocenters. The average Bonchev–Trinajstić information content (AvgIpc) is 3.78. The smallest absolute Gasteiger partial charge is 0.0755 e. The summed E-state index contributed by atoms with van der Waals surface area (Å²) in [7, 11) is 0. The molecular formula is C55H34N2. The Morgan fingerprint density at radius 1 is 0.351 bits per heavy atom. The van der Waals surface area contributed by atoms with E-state index in [1.165, 1.54) is 98.9 Å². The van der Waals surface area contributed by atoms with Crippen LogP contribution in [0.3, 0.4) is 0 Å². The monoisotopic (exact) mass is 722 g/mol. The summed E-state index contributed by atoms with van der Waals surface area (Å²) in [5, 5.41) is 10.0. The van der Waals surface area contributed by atoms with Crippen molar-refractivity contribution in [1.82, 2.24) is 4.57 Å². The molecule has 1 spiro atoms. The fourth-order valence-electron chi connectivity index (χ4n) is 10.8. The first-order valence-electron chi connectivity index (χ1n) is 19.9. The lowest BCUT2D eigenvalue weighted by Crippen LogP contribution is -2.33. The lowest BCUT2D eigenvalue weighted by molar-refractivity contribution is 0.749. The molecule has 0 bridgehead atoms. The van der Waals surface area contributed by atoms with Crippen LogP contribution < -0.4 is 4.90 Å². The summed E-state index contributed by atoms with van der Waals surface area (Å²) < 4.78 is 2.54. The van der Waals surface area contributed by atoms with Crippen LogP contribution in [0.2, 0.25) is 0 Å². The van der Waals surface area contributed by atoms with Crippen LogP contribution in [0.5, 0.6) is 0 Å². The van der Waals surface area contributed by atoms with Gasteiger partial charge in [0.1, 0.15) is 0 Å². The molecule has 2 heteroatoms. The second-order valence-electron chi connectivity index (χ2n) is 15.6. The molecule has 57 heavy (non-hydrogen) atoms. The van der Waals surface area contributed by atoms with Crippen LogP contribution in [-0.4, -0.2) is 4.57 Å². The predicted molar refractivity (Wildman–Crippen MR) is 239 cm³/mol. The number of para-hydroxylation sites is 4. The quantitative estimate of drug-likeness (QED) is 0.176. The molecule has 0 saturated heterocycles. The zero-order valence-electron chi connectivity index (χ0n) is 31.0. The third kappa shape index (κ3) is 3.89. The van der Waals surface area contributed by atoms with E-state index in [1.54, 1.807) is 0 Å². The van der Waals surface area contributed by atoms with Crippen molar-refractivity contribution in [1.29, 1.82) is 0 Å². The van der Waals surface area contributed by atoms with Crippen molar-refractivity contribution < 1.29 is 0 Å². The first-order valence-corrected chi connectivity index (χ1v) is 19.9. The molecule has 264 valence electrons. The molecule has 2 heterocycles. The number of benzene rings is 10. The lowest BCUT2D eigenvalue weighted by atomic mass is 9.65. The van der Waals surface area contributed by atoms with Crippen molar-refractivity contribution in [2.45, 2.75) is 5.41 Å². The van der Waals surface area contributed by atoms with Crippen molar-refractivity contribution in [3.8, 4) is 16.8 Å². The molecular weight excluding hydrogens is 689 g/mol. The Morgan fingerprint density at radius 3 is 1.81 bits per heavy atom. The highest BCUT2D eigenvalue weighted by atomic mass is 15.1. The van der Waals surface area contributed by atoms with Crippen LogP contribution in [0.25, 0.3) is 70.9 Å². The maximum Gasteiger partial charge on any atom is 0.0755 e. The number of hydrogen-bond acceptors (Lipinski definition) is 1. The van der Waals surface area contributed by atoms with Crippen molar-refractivity contribution >= 4 is 71.2 Å². The zero-order chi connectivity index (χ0) is 37.2. The van der Waals surface area contributed by atoms with E-state index in [2.05, 4.69) is 216 Å². The molecule has 1 aliphatic carbocycles. The highest BCUT2D eigenvalue weighted by Crippen LogP contribution is 2.64. The first kappa shape index (κ1) is 30.9. The second-order valence-corrected chi connectivity index (χ2v) is 15.6. The van der Waals surface area contributed by atoms with Gasteiger partial charge in [-0.15, -0.1) is 0 Å². The van der Waals surface area contributed by atoms with Crippen LogP contribution in [-0.2, 0) is 5.41 Å². The zero-order valence-corrected chi connectivity index (χ0v) is 31.0. The molecule has 2 aliphatic rings. The Bertz CT molecular complexity index is 3480. The van der Waals surface area contributed by atoms with Gasteiger partial charge in [0.25, 0.3) is 0 Å². The summed E-state index contributed by atoms with van der Waals surface area (Å²) in [6.45, 7) is 0. The number of aromatic nitrogens is 1. The first-order chi connectivity index (χ1) is 28.3. The van der Waals surface area contributed by atoms with E-state index in [0.717, 1.165) is 11.4 Å². The standard InChI is InChI=1S/C55H34N2/c1-2-19-37(20-3-1)56(48-31-14-18-35-16-4-6-21-38(35)48)51-34-47-53(42-25-9-8-23-40(42)51)52-39-22-7-5-17-36(39)32-33-45(52)55(47)44-27-11-13-30-50(44)57-49-29-12-10-24-41(49)43-26-15-28-46(55)54(43)57/h1-34H. The molecule has 1 aliphatic heterocycles. The predicted octanol–water partition coefficient (Wildman–Crippen LogP) is 14.4. The minimum absolute atomic E-state index is 0.602. The highest BCUT2D eigenvalue weighted by molar-refractivity contribution is 6.19. The lowest BCUT2D eigenvalue weighted by Gasteiger charge is -2.40. The van der Waals surface area contributed by atoms with Gasteiger partial charge in [0.05, 0.1) is 33.5 Å². The summed E-state index contributed by atoms with van der Waals surface area (Å²) in [5.74, 6) is 0. The van der Waals surface area contributed by atoms with E-state index < -0.39 is 5.41 Å². The van der Waals surface area contributed by atoms with Gasteiger partial charge < -0.3 is 9.47 Å². The fraction of sp³-hybridized carbons (Fsp3) is 0.0182. The van der Waals surface area contributed by atoms with Gasteiger partial charge in [-0.3, -0.25) is 0 Å². The summed E-state index contributed by atoms with van der Waals surface area (Å²) in [6, 6.07) is 77.0. The van der Waals surface area contributed by atoms with Crippen molar-refractivity contribution in [3.05, 3.63) is 229 Å². The van der Waals surface area contributed by atoms with Crippen molar-refractivity contribution in [2.24, 2.45) is 0 Å². The normalized spacial score (nSPS) is 15.1. The van der Waals surface area contributed by atoms with E-state index in [1.807, 2.05) is 0 Å².